The molecule has 2 atom stereocenters. The fraction of sp³-hybridized carbons (Fsp3) is 0.414. The molecule has 1 unspecified atom stereocenters. The minimum atomic E-state index is -0.630. The minimum absolute atomic E-state index is 0.153. The van der Waals surface area contributed by atoms with Crippen LogP contribution >= 0.6 is 11.6 Å². The number of halogens is 1. The quantitative estimate of drug-likeness (QED) is 0.349. The fourth-order valence-corrected chi connectivity index (χ4v) is 5.35. The van der Waals surface area contributed by atoms with Crippen LogP contribution in [0.3, 0.4) is 0 Å². The summed E-state index contributed by atoms with van der Waals surface area (Å²) in [6.07, 6.45) is 4.93. The van der Waals surface area contributed by atoms with E-state index in [1.807, 2.05) is 44.1 Å². The number of carbonyl (C=O) groups is 2. The summed E-state index contributed by atoms with van der Waals surface area (Å²) >= 11 is 6.48. The van der Waals surface area contributed by atoms with Gasteiger partial charge in [0.2, 0.25) is 11.9 Å². The molecule has 3 aromatic rings. The molecule has 2 aliphatic heterocycles. The van der Waals surface area contributed by atoms with Crippen LogP contribution in [0, 0.1) is 0 Å². The van der Waals surface area contributed by atoms with Gasteiger partial charge in [-0.15, -0.1) is 0 Å². The second kappa shape index (κ2) is 12.4. The van der Waals surface area contributed by atoms with Crippen LogP contribution in [-0.4, -0.2) is 83.3 Å². The molecule has 0 saturated carbocycles. The third-order valence-corrected chi connectivity index (χ3v) is 7.77. The average molecular weight is 580 g/mol. The van der Waals surface area contributed by atoms with Crippen LogP contribution in [0.1, 0.15) is 53.3 Å². The third-order valence-electron chi connectivity index (χ3n) is 7.50. The van der Waals surface area contributed by atoms with Gasteiger partial charge in [0.15, 0.2) is 0 Å². The summed E-state index contributed by atoms with van der Waals surface area (Å²) in [5.74, 6) is 0.554. The molecular weight excluding hydrogens is 546 g/mol. The first kappa shape index (κ1) is 28.7. The number of nitrogens with zero attached hydrogens (tertiary/aromatic N) is 5. The maximum Gasteiger partial charge on any atom is 0.255 e. The summed E-state index contributed by atoms with van der Waals surface area (Å²) in [5.41, 5.74) is 3.25. The summed E-state index contributed by atoms with van der Waals surface area (Å²) in [4.78, 5) is 43.1. The molecule has 2 amide bonds. The zero-order valence-electron chi connectivity index (χ0n) is 23.3. The molecule has 12 heteroatoms. The number of hydrogen-bond donors (Lipinski definition) is 3. The topological polar surface area (TPSA) is 133 Å². The van der Waals surface area contributed by atoms with Crippen molar-refractivity contribution >= 4 is 35.2 Å². The molecule has 11 nitrogen and oxygen atoms in total. The predicted octanol–water partition coefficient (Wildman–Crippen LogP) is 3.22. The van der Waals surface area contributed by atoms with Crippen molar-refractivity contribution < 1.29 is 19.4 Å². The van der Waals surface area contributed by atoms with Gasteiger partial charge in [0.05, 0.1) is 35.6 Å². The Morgan fingerprint density at radius 3 is 2.73 bits per heavy atom. The number of aromatic nitrogens is 3. The zero-order valence-corrected chi connectivity index (χ0v) is 24.1. The van der Waals surface area contributed by atoms with Crippen LogP contribution < -0.4 is 15.5 Å². The number of carbonyl (C=O) groups excluding carboxylic acids is 2. The number of aliphatic hydroxyl groups is 1. The number of rotatable bonds is 9. The van der Waals surface area contributed by atoms with Crippen LogP contribution in [0.2, 0.25) is 5.02 Å². The Balaban J connectivity index is 1.30. The van der Waals surface area contributed by atoms with Gasteiger partial charge in [-0.3, -0.25) is 9.59 Å². The lowest BCUT2D eigenvalue weighted by atomic mass is 10.0. The number of fused-ring (bicyclic) bond motifs is 1. The summed E-state index contributed by atoms with van der Waals surface area (Å²) < 4.78 is 5.42. The maximum absolute atomic E-state index is 13.5. The molecule has 216 valence electrons. The van der Waals surface area contributed by atoms with Gasteiger partial charge in [-0.2, -0.15) is 0 Å². The van der Waals surface area contributed by atoms with Crippen LogP contribution in [0.25, 0.3) is 11.3 Å². The lowest BCUT2D eigenvalue weighted by Gasteiger charge is -2.24. The van der Waals surface area contributed by atoms with E-state index in [1.165, 1.54) is 4.90 Å². The zero-order chi connectivity index (χ0) is 29.1. The van der Waals surface area contributed by atoms with Crippen molar-refractivity contribution in [1.82, 2.24) is 25.2 Å². The molecule has 1 aromatic carbocycles. The highest BCUT2D eigenvalue weighted by molar-refractivity contribution is 6.33. The first-order chi connectivity index (χ1) is 19.7. The lowest BCUT2D eigenvalue weighted by molar-refractivity contribution is -0.123. The van der Waals surface area contributed by atoms with E-state index in [4.69, 9.17) is 16.3 Å². The van der Waals surface area contributed by atoms with Crippen LogP contribution in [0.4, 0.5) is 11.8 Å². The molecule has 41 heavy (non-hydrogen) atoms. The SMILES string of the molecule is C[C@@H]1c2ccc(-c3nc(NC4CCOCC4)ncc3Cl)cc2C(=O)N1CC(=O)NC(CO)c1ccnc(N(C)C)c1. The van der Waals surface area contributed by atoms with Gasteiger partial charge in [-0.1, -0.05) is 23.7 Å². The maximum atomic E-state index is 13.5. The Morgan fingerprint density at radius 2 is 2.00 bits per heavy atom. The highest BCUT2D eigenvalue weighted by Gasteiger charge is 2.35. The number of nitrogens with one attached hydrogen (secondary N) is 2. The number of amides is 2. The van der Waals surface area contributed by atoms with Crippen LogP contribution in [-0.2, 0) is 9.53 Å². The van der Waals surface area contributed by atoms with Gasteiger partial charge in [-0.05, 0) is 49.1 Å². The molecule has 3 N–H and O–H groups in total. The number of benzene rings is 1. The third kappa shape index (κ3) is 6.27. The predicted molar refractivity (Wildman–Crippen MR) is 156 cm³/mol. The summed E-state index contributed by atoms with van der Waals surface area (Å²) in [6, 6.07) is 8.38. The van der Waals surface area contributed by atoms with Crippen molar-refractivity contribution in [2.24, 2.45) is 0 Å². The Labute approximate surface area is 243 Å². The van der Waals surface area contributed by atoms with Gasteiger partial charge >= 0.3 is 0 Å². The molecule has 1 fully saturated rings. The first-order valence-electron chi connectivity index (χ1n) is 13.6. The van der Waals surface area contributed by atoms with Gasteiger partial charge in [0.25, 0.3) is 5.91 Å². The molecule has 5 rings (SSSR count). The fourth-order valence-electron chi connectivity index (χ4n) is 5.15. The molecule has 0 bridgehead atoms. The number of aliphatic hydroxyl groups excluding tert-OH is 1. The number of hydrogen-bond acceptors (Lipinski definition) is 9. The molecule has 1 saturated heterocycles. The average Bonchev–Trinajstić information content (AvgIpc) is 3.21. The van der Waals surface area contributed by atoms with Crippen molar-refractivity contribution in [2.75, 3.05) is 50.7 Å². The Kier molecular flexibility index (Phi) is 8.67. The monoisotopic (exact) mass is 579 g/mol. The minimum Gasteiger partial charge on any atom is -0.394 e. The second-order valence-electron chi connectivity index (χ2n) is 10.5. The first-order valence-corrected chi connectivity index (χ1v) is 14.0. The van der Waals surface area contributed by atoms with E-state index in [0.29, 0.717) is 46.8 Å². The van der Waals surface area contributed by atoms with Crippen molar-refractivity contribution in [2.45, 2.75) is 37.9 Å². The lowest BCUT2D eigenvalue weighted by Crippen LogP contribution is -2.41. The van der Waals surface area contributed by atoms with Gasteiger partial charge in [0.1, 0.15) is 12.4 Å². The number of pyridine rings is 1. The molecule has 2 aromatic heterocycles. The molecular formula is C29H34ClN7O4. The van der Waals surface area contributed by atoms with Crippen LogP contribution in [0.15, 0.2) is 42.7 Å². The van der Waals surface area contributed by atoms with E-state index < -0.39 is 6.04 Å². The molecule has 0 aliphatic carbocycles. The van der Waals surface area contributed by atoms with Crippen molar-refractivity contribution in [3.63, 3.8) is 0 Å². The molecule has 0 radical (unpaired) electrons. The summed E-state index contributed by atoms with van der Waals surface area (Å²) in [7, 11) is 3.73. The van der Waals surface area contributed by atoms with E-state index in [9.17, 15) is 14.7 Å². The van der Waals surface area contributed by atoms with Gasteiger partial charge in [0, 0.05) is 50.7 Å². The number of ether oxygens (including phenoxy) is 1. The standard InChI is InChI=1S/C29H34ClN7O4/c1-17-21-5-4-19(27-23(30)14-32-29(35-27)33-20-7-10-41-11-8-20)12-22(21)28(40)37(17)15-26(39)34-24(16-38)18-6-9-31-25(13-18)36(2)3/h4-6,9,12-14,17,20,24,38H,7-8,10-11,15-16H2,1-3H3,(H,34,39)(H,32,33,35)/t17-,24?/m1/s1. The van der Waals surface area contributed by atoms with Crippen molar-refractivity contribution in [3.8, 4) is 11.3 Å². The van der Waals surface area contributed by atoms with E-state index in [0.717, 1.165) is 24.0 Å². The van der Waals surface area contributed by atoms with Crippen LogP contribution in [0.5, 0.6) is 0 Å². The van der Waals surface area contributed by atoms with Crippen molar-refractivity contribution in [3.05, 3.63) is 64.4 Å². The van der Waals surface area contributed by atoms with E-state index in [1.54, 1.807) is 24.5 Å². The van der Waals surface area contributed by atoms with E-state index >= 15 is 0 Å². The highest BCUT2D eigenvalue weighted by atomic mass is 35.5. The highest BCUT2D eigenvalue weighted by Crippen LogP contribution is 2.37. The van der Waals surface area contributed by atoms with E-state index in [-0.39, 0.29) is 37.0 Å². The molecule has 2 aliphatic rings. The molecule has 4 heterocycles. The van der Waals surface area contributed by atoms with Gasteiger partial charge < -0.3 is 30.3 Å². The largest absolute Gasteiger partial charge is 0.394 e. The normalized spacial score (nSPS) is 17.7. The molecule has 0 spiro atoms. The number of anilines is 2. The Hall–Kier alpha value is -3.80. The van der Waals surface area contributed by atoms with Crippen molar-refractivity contribution in [1.29, 1.82) is 0 Å². The van der Waals surface area contributed by atoms with Gasteiger partial charge in [-0.25, -0.2) is 15.0 Å². The Morgan fingerprint density at radius 1 is 1.22 bits per heavy atom. The smallest absolute Gasteiger partial charge is 0.255 e. The van der Waals surface area contributed by atoms with E-state index in [2.05, 4.69) is 25.6 Å². The summed E-state index contributed by atoms with van der Waals surface area (Å²) in [6.45, 7) is 2.83. The second-order valence-corrected chi connectivity index (χ2v) is 10.9. The Bertz CT molecular complexity index is 1430. The summed E-state index contributed by atoms with van der Waals surface area (Å²) in [5, 5.41) is 16.6.